The van der Waals surface area contributed by atoms with E-state index in [-0.39, 0.29) is 33.7 Å². The molecular formula is C25H22ClF4N7O3S. The second-order valence-corrected chi connectivity index (χ2v) is 12.1. The highest BCUT2D eigenvalue weighted by atomic mass is 35.5. The maximum Gasteiger partial charge on any atom is 0.416 e. The lowest BCUT2D eigenvalue weighted by molar-refractivity contribution is -0.137. The highest BCUT2D eigenvalue weighted by Crippen LogP contribution is 2.35. The number of amides is 2. The molecule has 2 amide bonds. The average molecular weight is 612 g/mol. The number of hydrogen-bond donors (Lipinski definition) is 3. The maximum atomic E-state index is 15.1. The van der Waals surface area contributed by atoms with Gasteiger partial charge in [0.05, 0.1) is 39.2 Å². The molecule has 16 heteroatoms. The van der Waals surface area contributed by atoms with Crippen LogP contribution in [0.5, 0.6) is 0 Å². The summed E-state index contributed by atoms with van der Waals surface area (Å²) in [6.07, 6.45) is -3.37. The molecule has 0 atom stereocenters. The summed E-state index contributed by atoms with van der Waals surface area (Å²) in [6, 6.07) is 7.16. The first-order chi connectivity index (χ1) is 19.3. The fourth-order valence-corrected chi connectivity index (χ4v) is 5.90. The number of alkyl halides is 3. The molecule has 0 unspecified atom stereocenters. The fraction of sp³-hybridized carbons (Fsp3) is 0.240. The summed E-state index contributed by atoms with van der Waals surface area (Å²) in [7, 11) is -3.06. The monoisotopic (exact) mass is 611 g/mol. The van der Waals surface area contributed by atoms with Crippen LogP contribution in [0.3, 0.4) is 0 Å². The van der Waals surface area contributed by atoms with Gasteiger partial charge in [-0.2, -0.15) is 18.3 Å². The second-order valence-electron chi connectivity index (χ2n) is 9.35. The predicted molar refractivity (Wildman–Crippen MR) is 146 cm³/mol. The van der Waals surface area contributed by atoms with Crippen LogP contribution < -0.4 is 16.4 Å². The van der Waals surface area contributed by atoms with Gasteiger partial charge < -0.3 is 16.4 Å². The Morgan fingerprint density at radius 2 is 1.76 bits per heavy atom. The van der Waals surface area contributed by atoms with Crippen molar-refractivity contribution in [3.63, 3.8) is 0 Å². The number of nitrogens with zero attached hydrogens (tertiary/aromatic N) is 4. The number of nitrogens with one attached hydrogen (secondary N) is 2. The summed E-state index contributed by atoms with van der Waals surface area (Å²) in [5.41, 5.74) is 6.58. The van der Waals surface area contributed by atoms with Crippen LogP contribution in [-0.4, -0.2) is 58.5 Å². The highest BCUT2D eigenvalue weighted by Gasteiger charge is 2.31. The second kappa shape index (κ2) is 10.8. The topological polar surface area (TPSA) is 135 Å². The van der Waals surface area contributed by atoms with Crippen molar-refractivity contribution in [3.8, 4) is 11.1 Å². The van der Waals surface area contributed by atoms with Crippen LogP contribution in [0.2, 0.25) is 5.02 Å². The maximum absolute atomic E-state index is 15.1. The Labute approximate surface area is 236 Å². The van der Waals surface area contributed by atoms with Gasteiger partial charge in [-0.1, -0.05) is 17.7 Å². The quantitative estimate of drug-likeness (QED) is 0.279. The van der Waals surface area contributed by atoms with Gasteiger partial charge >= 0.3 is 12.2 Å². The van der Waals surface area contributed by atoms with E-state index in [1.165, 1.54) is 18.5 Å². The normalized spacial score (nSPS) is 15.6. The highest BCUT2D eigenvalue weighted by molar-refractivity contribution is 7.91. The van der Waals surface area contributed by atoms with Gasteiger partial charge in [0.1, 0.15) is 17.7 Å². The van der Waals surface area contributed by atoms with Gasteiger partial charge in [0.15, 0.2) is 15.7 Å². The zero-order valence-corrected chi connectivity index (χ0v) is 22.6. The molecule has 0 radical (unpaired) electrons. The third-order valence-electron chi connectivity index (χ3n) is 6.55. The van der Waals surface area contributed by atoms with E-state index in [1.807, 2.05) is 4.90 Å². The van der Waals surface area contributed by atoms with Gasteiger partial charge in [-0.25, -0.2) is 27.1 Å². The molecule has 2 aromatic carbocycles. The average Bonchev–Trinajstić information content (AvgIpc) is 3.26. The molecule has 41 heavy (non-hydrogen) atoms. The van der Waals surface area contributed by atoms with Crippen molar-refractivity contribution in [2.45, 2.75) is 12.7 Å². The molecule has 1 aliphatic heterocycles. The predicted octanol–water partition coefficient (Wildman–Crippen LogP) is 4.66. The molecule has 2 aromatic heterocycles. The summed E-state index contributed by atoms with van der Waals surface area (Å²) >= 11 is 5.91. The number of carbonyl (C=O) groups excluding carboxylic acids is 1. The Morgan fingerprint density at radius 1 is 1.05 bits per heavy atom. The smallest absolute Gasteiger partial charge is 0.382 e. The van der Waals surface area contributed by atoms with Gasteiger partial charge in [0.2, 0.25) is 0 Å². The Hall–Kier alpha value is -3.95. The minimum absolute atomic E-state index is 0.0491. The Bertz CT molecular complexity index is 1750. The van der Waals surface area contributed by atoms with Crippen molar-refractivity contribution in [1.82, 2.24) is 19.5 Å². The lowest BCUT2D eigenvalue weighted by Crippen LogP contribution is -2.39. The molecule has 1 saturated heterocycles. The number of benzene rings is 2. The van der Waals surface area contributed by atoms with Crippen LogP contribution in [0.1, 0.15) is 11.3 Å². The van der Waals surface area contributed by atoms with Crippen LogP contribution in [0, 0.1) is 5.82 Å². The van der Waals surface area contributed by atoms with E-state index < -0.39 is 33.4 Å². The molecule has 4 aromatic rings. The summed E-state index contributed by atoms with van der Waals surface area (Å²) in [6.45, 7) is 1.08. The summed E-state index contributed by atoms with van der Waals surface area (Å²) in [4.78, 5) is 18.4. The van der Waals surface area contributed by atoms with Crippen molar-refractivity contribution in [3.05, 3.63) is 70.9 Å². The van der Waals surface area contributed by atoms with E-state index >= 15 is 4.39 Å². The molecular weight excluding hydrogens is 590 g/mol. The molecule has 0 saturated carbocycles. The zero-order valence-electron chi connectivity index (χ0n) is 21.0. The van der Waals surface area contributed by atoms with Crippen LogP contribution in [0.15, 0.2) is 48.8 Å². The number of urea groups is 1. The number of hydrogen-bond acceptors (Lipinski definition) is 7. The number of aromatic nitrogens is 3. The molecule has 1 fully saturated rings. The number of carbonyl (C=O) groups is 1. The van der Waals surface area contributed by atoms with Crippen molar-refractivity contribution in [2.75, 3.05) is 41.0 Å². The minimum atomic E-state index is -4.65. The lowest BCUT2D eigenvalue weighted by Gasteiger charge is -2.26. The zero-order chi connectivity index (χ0) is 29.5. The molecule has 3 heterocycles. The van der Waals surface area contributed by atoms with E-state index in [9.17, 15) is 26.4 Å². The Kier molecular flexibility index (Phi) is 7.52. The van der Waals surface area contributed by atoms with E-state index in [0.29, 0.717) is 48.0 Å². The molecule has 0 bridgehead atoms. The first-order valence-electron chi connectivity index (χ1n) is 12.1. The third-order valence-corrected chi connectivity index (χ3v) is 8.49. The van der Waals surface area contributed by atoms with Gasteiger partial charge in [-0.3, -0.25) is 4.90 Å². The molecule has 0 aliphatic carbocycles. The van der Waals surface area contributed by atoms with Crippen molar-refractivity contribution in [2.24, 2.45) is 0 Å². The number of fused-ring (bicyclic) bond motifs is 1. The number of anilines is 3. The molecule has 10 nitrogen and oxygen atoms in total. The van der Waals surface area contributed by atoms with Crippen molar-refractivity contribution in [1.29, 1.82) is 0 Å². The van der Waals surface area contributed by atoms with Crippen LogP contribution in [0.4, 0.5) is 39.5 Å². The summed E-state index contributed by atoms with van der Waals surface area (Å²) in [5, 5.41) is 8.60. The number of rotatable bonds is 5. The number of nitrogens with two attached hydrogens (primary N) is 1. The first-order valence-corrected chi connectivity index (χ1v) is 14.3. The fourth-order valence-electron chi connectivity index (χ4n) is 4.46. The number of halogens is 5. The van der Waals surface area contributed by atoms with E-state index in [1.54, 1.807) is 10.6 Å². The van der Waals surface area contributed by atoms with E-state index in [2.05, 4.69) is 20.7 Å². The molecule has 4 N–H and O–H groups in total. The largest absolute Gasteiger partial charge is 0.416 e. The van der Waals surface area contributed by atoms with Gasteiger partial charge in [-0.15, -0.1) is 0 Å². The number of sulfone groups is 1. The first kappa shape index (κ1) is 28.6. The molecule has 0 spiro atoms. The molecule has 5 rings (SSSR count). The Balaban J connectivity index is 1.38. The van der Waals surface area contributed by atoms with Crippen molar-refractivity contribution >= 4 is 50.2 Å². The lowest BCUT2D eigenvalue weighted by atomic mass is 10.1. The van der Waals surface area contributed by atoms with Gasteiger partial charge in [0.25, 0.3) is 0 Å². The summed E-state index contributed by atoms with van der Waals surface area (Å²) < 4.78 is 79.4. The minimum Gasteiger partial charge on any atom is -0.382 e. The van der Waals surface area contributed by atoms with E-state index in [4.69, 9.17) is 17.3 Å². The van der Waals surface area contributed by atoms with Crippen LogP contribution in [0.25, 0.3) is 16.6 Å². The SMILES string of the molecule is Nc1ncnn2c(CN3CCS(=O)(=O)CC3)cc(-c3ccc(NC(=O)Nc4cc(C(F)(F)F)ccc4Cl)c(F)c3)c12. The van der Waals surface area contributed by atoms with Gasteiger partial charge in [-0.05, 0) is 42.0 Å². The standard InChI is InChI=1S/C25H22ClF4N7O3S/c26-18-3-2-15(25(28,29)30)10-21(18)35-24(38)34-20-4-1-14(9-19(20)27)17-11-16(37-22(17)23(31)32-13-33-37)12-36-5-7-41(39,40)8-6-36/h1-4,9-11,13H,5-8,12H2,(H2,31,32,33)(H2,34,35,38). The van der Waals surface area contributed by atoms with Crippen molar-refractivity contribution < 1.29 is 30.8 Å². The third kappa shape index (κ3) is 6.21. The summed E-state index contributed by atoms with van der Waals surface area (Å²) in [5.74, 6) is -0.589. The van der Waals surface area contributed by atoms with Crippen LogP contribution >= 0.6 is 11.6 Å². The molecule has 1 aliphatic rings. The van der Waals surface area contributed by atoms with Gasteiger partial charge in [0, 0.05) is 25.2 Å². The Morgan fingerprint density at radius 3 is 2.44 bits per heavy atom. The molecule has 216 valence electrons. The van der Waals surface area contributed by atoms with E-state index in [0.717, 1.165) is 18.2 Å². The van der Waals surface area contributed by atoms with Crippen LogP contribution in [-0.2, 0) is 22.6 Å². The number of nitrogen functional groups attached to an aromatic ring is 1.